The number of imidazole rings is 1. The number of nitrogens with two attached hydrogens (primary N) is 1. The number of benzene rings is 1. The van der Waals surface area contributed by atoms with E-state index in [1.807, 2.05) is 32.0 Å². The van der Waals surface area contributed by atoms with Gasteiger partial charge in [0.1, 0.15) is 5.82 Å². The molecule has 4 nitrogen and oxygen atoms in total. The van der Waals surface area contributed by atoms with Gasteiger partial charge in [-0.1, -0.05) is 32.9 Å². The van der Waals surface area contributed by atoms with E-state index in [-0.39, 0.29) is 12.5 Å². The molecule has 0 radical (unpaired) electrons. The molecule has 0 aliphatic rings. The Labute approximate surface area is 120 Å². The Hall–Kier alpha value is -1.39. The molecule has 20 heavy (non-hydrogen) atoms. The van der Waals surface area contributed by atoms with Crippen LogP contribution in [-0.4, -0.2) is 26.8 Å². The monoisotopic (exact) mass is 275 g/mol. The van der Waals surface area contributed by atoms with Gasteiger partial charge in [0, 0.05) is 19.5 Å². The molecule has 0 aliphatic carbocycles. The fourth-order valence-corrected chi connectivity index (χ4v) is 2.52. The normalized spacial score (nSPS) is 14.9. The number of rotatable bonds is 6. The van der Waals surface area contributed by atoms with Gasteiger partial charge in [-0.15, -0.1) is 0 Å². The van der Waals surface area contributed by atoms with Gasteiger partial charge < -0.3 is 15.4 Å². The van der Waals surface area contributed by atoms with Crippen molar-refractivity contribution in [3.8, 4) is 0 Å². The molecule has 0 amide bonds. The first-order valence-corrected chi connectivity index (χ1v) is 7.38. The van der Waals surface area contributed by atoms with E-state index < -0.39 is 5.60 Å². The van der Waals surface area contributed by atoms with E-state index in [1.54, 1.807) is 0 Å². The molecular formula is C16H25N3O. The molecule has 2 aromatic rings. The molecular weight excluding hydrogens is 250 g/mol. The van der Waals surface area contributed by atoms with Crippen molar-refractivity contribution >= 4 is 11.0 Å². The molecule has 1 unspecified atom stereocenters. The van der Waals surface area contributed by atoms with Gasteiger partial charge >= 0.3 is 0 Å². The Balaban J connectivity index is 2.45. The molecule has 0 saturated carbocycles. The minimum Gasteiger partial charge on any atom is -0.388 e. The predicted molar refractivity (Wildman–Crippen MR) is 82.6 cm³/mol. The van der Waals surface area contributed by atoms with Crippen molar-refractivity contribution in [3.05, 3.63) is 30.1 Å². The minimum atomic E-state index is -0.896. The van der Waals surface area contributed by atoms with E-state index in [2.05, 4.69) is 17.6 Å². The summed E-state index contributed by atoms with van der Waals surface area (Å²) < 4.78 is 2.21. The summed E-state index contributed by atoms with van der Waals surface area (Å²) in [5, 5.41) is 10.7. The second-order valence-electron chi connectivity index (χ2n) is 5.81. The molecule has 1 aromatic heterocycles. The maximum atomic E-state index is 10.7. The van der Waals surface area contributed by atoms with Gasteiger partial charge in [-0.05, 0) is 24.5 Å². The van der Waals surface area contributed by atoms with Crippen LogP contribution in [0.3, 0.4) is 0 Å². The smallest absolute Gasteiger partial charge is 0.112 e. The molecule has 0 spiro atoms. The summed E-state index contributed by atoms with van der Waals surface area (Å²) in [6.07, 6.45) is 1.53. The average molecular weight is 275 g/mol. The van der Waals surface area contributed by atoms with Crippen molar-refractivity contribution < 1.29 is 5.11 Å². The third-order valence-electron chi connectivity index (χ3n) is 4.07. The Morgan fingerprint density at radius 3 is 2.65 bits per heavy atom. The van der Waals surface area contributed by atoms with Gasteiger partial charge in [-0.3, -0.25) is 0 Å². The first kappa shape index (κ1) is 15.0. The SMILES string of the molecule is CCCn1c(CC(O)(CN)C(C)C)nc2ccccc21. The van der Waals surface area contributed by atoms with Gasteiger partial charge in [0.15, 0.2) is 0 Å². The molecule has 1 aromatic carbocycles. The van der Waals surface area contributed by atoms with Crippen LogP contribution < -0.4 is 5.73 Å². The number of fused-ring (bicyclic) bond motifs is 1. The van der Waals surface area contributed by atoms with Crippen LogP contribution in [0.1, 0.15) is 33.0 Å². The highest BCUT2D eigenvalue weighted by molar-refractivity contribution is 5.75. The molecule has 110 valence electrons. The first-order chi connectivity index (χ1) is 9.51. The van der Waals surface area contributed by atoms with E-state index in [4.69, 9.17) is 10.7 Å². The Morgan fingerprint density at radius 2 is 2.05 bits per heavy atom. The van der Waals surface area contributed by atoms with Gasteiger partial charge in [-0.25, -0.2) is 4.98 Å². The van der Waals surface area contributed by atoms with E-state index in [9.17, 15) is 5.11 Å². The third-order valence-corrected chi connectivity index (χ3v) is 4.07. The topological polar surface area (TPSA) is 64.1 Å². The molecule has 4 heteroatoms. The second-order valence-corrected chi connectivity index (χ2v) is 5.81. The lowest BCUT2D eigenvalue weighted by Gasteiger charge is -2.30. The highest BCUT2D eigenvalue weighted by Crippen LogP contribution is 2.24. The second kappa shape index (κ2) is 5.94. The lowest BCUT2D eigenvalue weighted by atomic mass is 9.87. The van der Waals surface area contributed by atoms with Crippen LogP contribution in [0.4, 0.5) is 0 Å². The first-order valence-electron chi connectivity index (χ1n) is 7.38. The summed E-state index contributed by atoms with van der Waals surface area (Å²) in [5.41, 5.74) is 7.01. The molecule has 1 heterocycles. The molecule has 2 rings (SSSR count). The van der Waals surface area contributed by atoms with Gasteiger partial charge in [0.25, 0.3) is 0 Å². The summed E-state index contributed by atoms with van der Waals surface area (Å²) in [6, 6.07) is 8.12. The Kier molecular flexibility index (Phi) is 4.45. The molecule has 0 fully saturated rings. The largest absolute Gasteiger partial charge is 0.388 e. The summed E-state index contributed by atoms with van der Waals surface area (Å²) in [7, 11) is 0. The molecule has 0 saturated heterocycles. The van der Waals surface area contributed by atoms with Crippen LogP contribution in [0.2, 0.25) is 0 Å². The molecule has 0 bridgehead atoms. The maximum Gasteiger partial charge on any atom is 0.112 e. The maximum absolute atomic E-state index is 10.7. The number of para-hydroxylation sites is 2. The highest BCUT2D eigenvalue weighted by atomic mass is 16.3. The third kappa shape index (κ3) is 2.72. The van der Waals surface area contributed by atoms with Crippen LogP contribution in [0.5, 0.6) is 0 Å². The minimum absolute atomic E-state index is 0.0994. The number of hydrogen-bond donors (Lipinski definition) is 2. The summed E-state index contributed by atoms with van der Waals surface area (Å²) in [4.78, 5) is 4.69. The molecule has 3 N–H and O–H groups in total. The molecule has 0 aliphatic heterocycles. The summed E-state index contributed by atoms with van der Waals surface area (Å²) in [6.45, 7) is 7.31. The van der Waals surface area contributed by atoms with Crippen molar-refractivity contribution in [3.63, 3.8) is 0 Å². The number of aliphatic hydroxyl groups is 1. The van der Waals surface area contributed by atoms with Gasteiger partial charge in [0.2, 0.25) is 0 Å². The predicted octanol–water partition coefficient (Wildman–Crippen LogP) is 2.33. The van der Waals surface area contributed by atoms with Crippen LogP contribution in [0.15, 0.2) is 24.3 Å². The Morgan fingerprint density at radius 1 is 1.35 bits per heavy atom. The van der Waals surface area contributed by atoms with Crippen LogP contribution in [0.25, 0.3) is 11.0 Å². The quantitative estimate of drug-likeness (QED) is 0.850. The van der Waals surface area contributed by atoms with E-state index in [0.717, 1.165) is 29.8 Å². The van der Waals surface area contributed by atoms with Crippen molar-refractivity contribution in [2.45, 2.75) is 45.8 Å². The number of hydrogen-bond acceptors (Lipinski definition) is 3. The van der Waals surface area contributed by atoms with Gasteiger partial charge in [-0.2, -0.15) is 0 Å². The van der Waals surface area contributed by atoms with Crippen LogP contribution >= 0.6 is 0 Å². The lowest BCUT2D eigenvalue weighted by molar-refractivity contribution is 0.00172. The van der Waals surface area contributed by atoms with E-state index >= 15 is 0 Å². The van der Waals surface area contributed by atoms with Crippen molar-refractivity contribution in [1.82, 2.24) is 9.55 Å². The average Bonchev–Trinajstić information content (AvgIpc) is 2.77. The number of aromatic nitrogens is 2. The fourth-order valence-electron chi connectivity index (χ4n) is 2.52. The standard InChI is InChI=1S/C16H25N3O/c1-4-9-19-14-8-6-5-7-13(14)18-15(19)10-16(20,11-17)12(2)3/h5-8,12,20H,4,9-11,17H2,1-3H3. The number of aryl methyl sites for hydroxylation is 1. The summed E-state index contributed by atoms with van der Waals surface area (Å²) >= 11 is 0. The van der Waals surface area contributed by atoms with Crippen molar-refractivity contribution in [1.29, 1.82) is 0 Å². The molecule has 1 atom stereocenters. The van der Waals surface area contributed by atoms with E-state index in [0.29, 0.717) is 6.42 Å². The number of nitrogens with zero attached hydrogens (tertiary/aromatic N) is 2. The highest BCUT2D eigenvalue weighted by Gasteiger charge is 2.31. The van der Waals surface area contributed by atoms with Crippen LogP contribution in [-0.2, 0) is 13.0 Å². The van der Waals surface area contributed by atoms with Crippen molar-refractivity contribution in [2.75, 3.05) is 6.54 Å². The van der Waals surface area contributed by atoms with E-state index in [1.165, 1.54) is 0 Å². The zero-order chi connectivity index (χ0) is 14.8. The van der Waals surface area contributed by atoms with Crippen LogP contribution in [0, 0.1) is 5.92 Å². The Bertz CT molecular complexity index is 576. The zero-order valence-electron chi connectivity index (χ0n) is 12.6. The lowest BCUT2D eigenvalue weighted by Crippen LogP contribution is -2.45. The zero-order valence-corrected chi connectivity index (χ0v) is 12.6. The fraction of sp³-hybridized carbons (Fsp3) is 0.562. The van der Waals surface area contributed by atoms with Crippen molar-refractivity contribution in [2.24, 2.45) is 11.7 Å². The van der Waals surface area contributed by atoms with Gasteiger partial charge in [0.05, 0.1) is 16.6 Å². The summed E-state index contributed by atoms with van der Waals surface area (Å²) in [5.74, 6) is 1.03.